The van der Waals surface area contributed by atoms with Crippen molar-refractivity contribution in [2.24, 2.45) is 0 Å². The van der Waals surface area contributed by atoms with E-state index in [2.05, 4.69) is 4.89 Å². The van der Waals surface area contributed by atoms with Crippen molar-refractivity contribution in [1.82, 2.24) is 0 Å². The van der Waals surface area contributed by atoms with E-state index in [1.54, 1.807) is 0 Å². The highest BCUT2D eigenvalue weighted by Crippen LogP contribution is 2.22. The Morgan fingerprint density at radius 2 is 2.38 bits per heavy atom. The summed E-state index contributed by atoms with van der Waals surface area (Å²) in [7, 11) is 0. The fourth-order valence-corrected chi connectivity index (χ4v) is 1.39. The van der Waals surface area contributed by atoms with Gasteiger partial charge in [-0.3, -0.25) is 4.79 Å². The van der Waals surface area contributed by atoms with Gasteiger partial charge in [0, 0.05) is 6.92 Å². The average molecular weight is 186 g/mol. The average Bonchev–Trinajstić information content (AvgIpc) is 2.15. The lowest BCUT2D eigenvalue weighted by molar-refractivity contribution is -0.324. The number of esters is 1. The lowest BCUT2D eigenvalue weighted by atomic mass is 9.99. The number of ether oxygens (including phenoxy) is 1. The predicted molar refractivity (Wildman–Crippen MR) is 45.8 cm³/mol. The highest BCUT2D eigenvalue weighted by Gasteiger charge is 2.19. The number of rotatable bonds is 3. The van der Waals surface area contributed by atoms with E-state index >= 15 is 0 Å². The van der Waals surface area contributed by atoms with Crippen LogP contribution in [-0.2, 0) is 14.4 Å². The Kier molecular flexibility index (Phi) is 3.92. The van der Waals surface area contributed by atoms with Gasteiger partial charge >= 0.3 is 5.97 Å². The minimum atomic E-state index is -0.905. The number of carbonyl (C=O) groups is 1. The third kappa shape index (κ3) is 3.16. The van der Waals surface area contributed by atoms with Crippen LogP contribution in [0.2, 0.25) is 0 Å². The van der Waals surface area contributed by atoms with Crippen LogP contribution < -0.4 is 0 Å². The largest absolute Gasteiger partial charge is 0.429 e. The number of hydrogen-bond donors (Lipinski definition) is 1. The van der Waals surface area contributed by atoms with Crippen LogP contribution in [0.5, 0.6) is 0 Å². The normalized spacial score (nSPS) is 19.1. The molecule has 1 aliphatic rings. The molecular formula is C9H14O4. The summed E-state index contributed by atoms with van der Waals surface area (Å²) < 4.78 is 4.76. The van der Waals surface area contributed by atoms with Crippen molar-refractivity contribution in [2.75, 3.05) is 0 Å². The molecule has 74 valence electrons. The Hall–Kier alpha value is -0.870. The second-order valence-corrected chi connectivity index (χ2v) is 3.07. The Bertz CT molecular complexity index is 210. The monoisotopic (exact) mass is 186 g/mol. The molecular weight excluding hydrogens is 172 g/mol. The molecule has 0 radical (unpaired) electrons. The van der Waals surface area contributed by atoms with Crippen molar-refractivity contribution in [2.45, 2.75) is 38.9 Å². The maximum Gasteiger partial charge on any atom is 0.305 e. The molecule has 1 aliphatic carbocycles. The fourth-order valence-electron chi connectivity index (χ4n) is 1.39. The molecule has 0 amide bonds. The van der Waals surface area contributed by atoms with Gasteiger partial charge in [-0.2, -0.15) is 4.89 Å². The highest BCUT2D eigenvalue weighted by atomic mass is 17.1. The van der Waals surface area contributed by atoms with Crippen LogP contribution in [0.25, 0.3) is 0 Å². The van der Waals surface area contributed by atoms with Crippen molar-refractivity contribution in [1.29, 1.82) is 0 Å². The van der Waals surface area contributed by atoms with E-state index in [-0.39, 0.29) is 0 Å². The SMILES string of the molecule is CC(=O)OC(OO)C1=CCCCC1. The van der Waals surface area contributed by atoms with Crippen molar-refractivity contribution < 1.29 is 19.7 Å². The first kappa shape index (κ1) is 10.2. The molecule has 0 aromatic carbocycles. The molecule has 0 heterocycles. The van der Waals surface area contributed by atoms with E-state index in [1.165, 1.54) is 6.92 Å². The zero-order valence-corrected chi connectivity index (χ0v) is 7.66. The third-order valence-electron chi connectivity index (χ3n) is 2.00. The first-order chi connectivity index (χ1) is 6.24. The number of carbonyl (C=O) groups excluding carboxylic acids is 1. The lowest BCUT2D eigenvalue weighted by Crippen LogP contribution is -2.22. The minimum absolute atomic E-state index is 0.453. The lowest BCUT2D eigenvalue weighted by Gasteiger charge is -2.19. The molecule has 0 bridgehead atoms. The van der Waals surface area contributed by atoms with Crippen LogP contribution in [0.15, 0.2) is 11.6 Å². The summed E-state index contributed by atoms with van der Waals surface area (Å²) in [5, 5.41) is 8.51. The molecule has 0 aliphatic heterocycles. The molecule has 4 nitrogen and oxygen atoms in total. The van der Waals surface area contributed by atoms with E-state index in [4.69, 9.17) is 9.99 Å². The van der Waals surface area contributed by atoms with Crippen LogP contribution in [0.1, 0.15) is 32.6 Å². The molecule has 1 rings (SSSR count). The van der Waals surface area contributed by atoms with E-state index in [1.807, 2.05) is 6.08 Å². The predicted octanol–water partition coefficient (Wildman–Crippen LogP) is 1.87. The van der Waals surface area contributed by atoms with Gasteiger partial charge in [0.05, 0.1) is 0 Å². The number of hydrogen-bond acceptors (Lipinski definition) is 4. The molecule has 0 aromatic heterocycles. The van der Waals surface area contributed by atoms with Crippen molar-refractivity contribution >= 4 is 5.97 Å². The van der Waals surface area contributed by atoms with Crippen LogP contribution >= 0.6 is 0 Å². The zero-order chi connectivity index (χ0) is 9.68. The first-order valence-electron chi connectivity index (χ1n) is 4.40. The summed E-state index contributed by atoms with van der Waals surface area (Å²) in [4.78, 5) is 14.7. The van der Waals surface area contributed by atoms with Crippen LogP contribution in [0.3, 0.4) is 0 Å². The molecule has 0 fully saturated rings. The van der Waals surface area contributed by atoms with Crippen molar-refractivity contribution in [3.05, 3.63) is 11.6 Å². The summed E-state index contributed by atoms with van der Waals surface area (Å²) in [6, 6.07) is 0. The molecule has 1 unspecified atom stereocenters. The van der Waals surface area contributed by atoms with Gasteiger partial charge in [-0.1, -0.05) is 6.08 Å². The van der Waals surface area contributed by atoms with E-state index in [0.717, 1.165) is 31.3 Å². The summed E-state index contributed by atoms with van der Waals surface area (Å²) in [5.74, 6) is -0.453. The molecule has 1 N–H and O–H groups in total. The summed E-state index contributed by atoms with van der Waals surface area (Å²) in [6.45, 7) is 1.29. The number of allylic oxidation sites excluding steroid dienone is 1. The van der Waals surface area contributed by atoms with Gasteiger partial charge in [-0.15, -0.1) is 0 Å². The summed E-state index contributed by atoms with van der Waals surface area (Å²) >= 11 is 0. The van der Waals surface area contributed by atoms with Crippen LogP contribution in [-0.4, -0.2) is 17.5 Å². The second-order valence-electron chi connectivity index (χ2n) is 3.07. The van der Waals surface area contributed by atoms with Crippen LogP contribution in [0, 0.1) is 0 Å². The Morgan fingerprint density at radius 1 is 1.62 bits per heavy atom. The molecule has 4 heteroatoms. The van der Waals surface area contributed by atoms with Gasteiger partial charge in [-0.25, -0.2) is 5.26 Å². The van der Waals surface area contributed by atoms with Gasteiger partial charge in [0.15, 0.2) is 0 Å². The zero-order valence-electron chi connectivity index (χ0n) is 7.66. The van der Waals surface area contributed by atoms with Gasteiger partial charge in [-0.05, 0) is 31.3 Å². The molecule has 1 atom stereocenters. The smallest absolute Gasteiger partial charge is 0.305 e. The molecule has 0 saturated carbocycles. The third-order valence-corrected chi connectivity index (χ3v) is 2.00. The topological polar surface area (TPSA) is 55.8 Å². The fraction of sp³-hybridized carbons (Fsp3) is 0.667. The second kappa shape index (κ2) is 4.99. The van der Waals surface area contributed by atoms with Crippen molar-refractivity contribution in [3.8, 4) is 0 Å². The Balaban J connectivity index is 2.53. The molecule has 13 heavy (non-hydrogen) atoms. The maximum absolute atomic E-state index is 10.6. The van der Waals surface area contributed by atoms with E-state index in [9.17, 15) is 4.79 Å². The van der Waals surface area contributed by atoms with Gasteiger partial charge < -0.3 is 4.74 Å². The Labute approximate surface area is 77.1 Å². The molecule has 0 aromatic rings. The Morgan fingerprint density at radius 3 is 2.85 bits per heavy atom. The standard InChI is InChI=1S/C9H14O4/c1-7(10)12-9(13-11)8-5-3-2-4-6-8/h5,9,11H,2-4,6H2,1H3. The van der Waals surface area contributed by atoms with E-state index in [0.29, 0.717) is 0 Å². The summed E-state index contributed by atoms with van der Waals surface area (Å²) in [5.41, 5.74) is 0.851. The van der Waals surface area contributed by atoms with E-state index < -0.39 is 12.3 Å². The molecule has 0 spiro atoms. The molecule has 0 saturated heterocycles. The van der Waals surface area contributed by atoms with Gasteiger partial charge in [0.1, 0.15) is 0 Å². The minimum Gasteiger partial charge on any atom is -0.429 e. The van der Waals surface area contributed by atoms with Crippen LogP contribution in [0.4, 0.5) is 0 Å². The van der Waals surface area contributed by atoms with Gasteiger partial charge in [0.2, 0.25) is 0 Å². The quantitative estimate of drug-likeness (QED) is 0.240. The first-order valence-corrected chi connectivity index (χ1v) is 4.40. The summed E-state index contributed by atoms with van der Waals surface area (Å²) in [6.07, 6.45) is 5.01. The van der Waals surface area contributed by atoms with Crippen molar-refractivity contribution in [3.63, 3.8) is 0 Å². The maximum atomic E-state index is 10.6. The highest BCUT2D eigenvalue weighted by molar-refractivity contribution is 5.66. The van der Waals surface area contributed by atoms with Gasteiger partial charge in [0.25, 0.3) is 6.29 Å².